The van der Waals surface area contributed by atoms with Crippen LogP contribution in [0.3, 0.4) is 0 Å². The van der Waals surface area contributed by atoms with E-state index in [0.717, 1.165) is 11.3 Å². The molecule has 0 aliphatic rings. The second kappa shape index (κ2) is 5.85. The van der Waals surface area contributed by atoms with E-state index in [9.17, 15) is 4.79 Å². The Morgan fingerprint density at radius 1 is 1.18 bits per heavy atom. The summed E-state index contributed by atoms with van der Waals surface area (Å²) in [7, 11) is 0. The molecule has 0 bridgehead atoms. The van der Waals surface area contributed by atoms with Crippen LogP contribution in [0.5, 0.6) is 5.75 Å². The van der Waals surface area contributed by atoms with E-state index in [1.807, 2.05) is 0 Å². The molecule has 1 aromatic carbocycles. The van der Waals surface area contributed by atoms with Gasteiger partial charge in [-0.3, -0.25) is 4.79 Å². The molecule has 1 aromatic rings. The molecule has 0 fully saturated rings. The van der Waals surface area contributed by atoms with Crippen molar-refractivity contribution in [1.82, 2.24) is 0 Å². The Hall–Kier alpha value is -1.31. The van der Waals surface area contributed by atoms with E-state index in [1.54, 1.807) is 6.92 Å². The first kappa shape index (κ1) is 13.8. The number of benzene rings is 1. The summed E-state index contributed by atoms with van der Waals surface area (Å²) in [5.74, 6) is 1.77. The van der Waals surface area contributed by atoms with Crippen molar-refractivity contribution in [2.75, 3.05) is 6.61 Å². The minimum atomic E-state index is 0.0506. The summed E-state index contributed by atoms with van der Waals surface area (Å²) < 4.78 is 5.60. The largest absolute Gasteiger partial charge is 0.486 e. The number of Topliss-reactive ketones (excluding diaryl/α,β-unsaturated/α-hetero) is 1. The Bertz CT molecular complexity index is 392. The van der Waals surface area contributed by atoms with Gasteiger partial charge in [-0.2, -0.15) is 0 Å². The fraction of sp³-hybridized carbons (Fsp3) is 0.533. The zero-order valence-corrected chi connectivity index (χ0v) is 11.4. The highest BCUT2D eigenvalue weighted by Crippen LogP contribution is 2.30. The lowest BCUT2D eigenvalue weighted by atomic mass is 9.96. The highest BCUT2D eigenvalue weighted by Gasteiger charge is 2.11. The molecule has 0 atom stereocenters. The molecule has 0 saturated heterocycles. The number of carbonyl (C=O) groups excluding carboxylic acids is 1. The summed E-state index contributed by atoms with van der Waals surface area (Å²) in [6, 6.07) is 6.30. The van der Waals surface area contributed by atoms with Gasteiger partial charge in [-0.1, -0.05) is 39.8 Å². The quantitative estimate of drug-likeness (QED) is 0.772. The van der Waals surface area contributed by atoms with Crippen LogP contribution in [0, 0.1) is 0 Å². The molecular formula is C15H22O2. The van der Waals surface area contributed by atoms with Gasteiger partial charge in [0.2, 0.25) is 0 Å². The van der Waals surface area contributed by atoms with Gasteiger partial charge in [0.05, 0.1) is 0 Å². The fourth-order valence-electron chi connectivity index (χ4n) is 1.69. The number of ketones is 1. The van der Waals surface area contributed by atoms with Gasteiger partial charge >= 0.3 is 0 Å². The predicted molar refractivity (Wildman–Crippen MR) is 70.8 cm³/mol. The third-order valence-corrected chi connectivity index (χ3v) is 2.76. The Morgan fingerprint density at radius 2 is 1.82 bits per heavy atom. The lowest BCUT2D eigenvalue weighted by Crippen LogP contribution is -2.09. The smallest absolute Gasteiger partial charge is 0.167 e. The number of hydrogen-bond acceptors (Lipinski definition) is 2. The van der Waals surface area contributed by atoms with Gasteiger partial charge in [-0.15, -0.1) is 0 Å². The SMILES string of the molecule is CC(=O)COc1cc(C(C)C)ccc1C(C)C. The number of carbonyl (C=O) groups is 1. The first-order valence-corrected chi connectivity index (χ1v) is 6.18. The second-order valence-corrected chi connectivity index (χ2v) is 5.10. The number of hydrogen-bond donors (Lipinski definition) is 0. The fourth-order valence-corrected chi connectivity index (χ4v) is 1.69. The minimum Gasteiger partial charge on any atom is -0.486 e. The van der Waals surface area contributed by atoms with Crippen molar-refractivity contribution in [3.63, 3.8) is 0 Å². The van der Waals surface area contributed by atoms with E-state index in [2.05, 4.69) is 45.9 Å². The van der Waals surface area contributed by atoms with Crippen molar-refractivity contribution >= 4 is 5.78 Å². The summed E-state index contributed by atoms with van der Waals surface area (Å²) >= 11 is 0. The highest BCUT2D eigenvalue weighted by molar-refractivity contribution is 5.77. The average Bonchev–Trinajstić information content (AvgIpc) is 2.25. The molecule has 0 aromatic heterocycles. The Kier molecular flexibility index (Phi) is 4.73. The third-order valence-electron chi connectivity index (χ3n) is 2.76. The van der Waals surface area contributed by atoms with Gasteiger partial charge in [0, 0.05) is 0 Å². The molecule has 1 rings (SSSR count). The van der Waals surface area contributed by atoms with Gasteiger partial charge < -0.3 is 4.74 Å². The molecule has 17 heavy (non-hydrogen) atoms. The normalized spacial score (nSPS) is 11.0. The Labute approximate surface area is 104 Å². The van der Waals surface area contributed by atoms with Gasteiger partial charge in [0.15, 0.2) is 5.78 Å². The van der Waals surface area contributed by atoms with E-state index in [4.69, 9.17) is 4.74 Å². The van der Waals surface area contributed by atoms with Crippen LogP contribution in [0.1, 0.15) is 57.6 Å². The second-order valence-electron chi connectivity index (χ2n) is 5.10. The molecule has 0 unspecified atom stereocenters. The lowest BCUT2D eigenvalue weighted by Gasteiger charge is -2.16. The van der Waals surface area contributed by atoms with Gasteiger partial charge in [-0.05, 0) is 36.0 Å². The zero-order chi connectivity index (χ0) is 13.0. The van der Waals surface area contributed by atoms with E-state index in [-0.39, 0.29) is 12.4 Å². The molecule has 0 amide bonds. The molecule has 2 nitrogen and oxygen atoms in total. The minimum absolute atomic E-state index is 0.0506. The zero-order valence-electron chi connectivity index (χ0n) is 11.4. The Morgan fingerprint density at radius 3 is 2.29 bits per heavy atom. The lowest BCUT2D eigenvalue weighted by molar-refractivity contribution is -0.118. The van der Waals surface area contributed by atoms with Gasteiger partial charge in [0.1, 0.15) is 12.4 Å². The molecule has 2 heteroatoms. The van der Waals surface area contributed by atoms with Crippen molar-refractivity contribution in [3.8, 4) is 5.75 Å². The standard InChI is InChI=1S/C15H22O2/c1-10(2)13-6-7-14(11(3)4)15(8-13)17-9-12(5)16/h6-8,10-11H,9H2,1-5H3. The van der Waals surface area contributed by atoms with Gasteiger partial charge in [0.25, 0.3) is 0 Å². The molecule has 0 N–H and O–H groups in total. The van der Waals surface area contributed by atoms with Crippen molar-refractivity contribution in [3.05, 3.63) is 29.3 Å². The van der Waals surface area contributed by atoms with Crippen molar-refractivity contribution in [2.45, 2.75) is 46.5 Å². The molecule has 0 radical (unpaired) electrons. The molecular weight excluding hydrogens is 212 g/mol. The predicted octanol–water partition coefficient (Wildman–Crippen LogP) is 3.90. The summed E-state index contributed by atoms with van der Waals surface area (Å²) in [5.41, 5.74) is 2.41. The van der Waals surface area contributed by atoms with Crippen LogP contribution in [0.15, 0.2) is 18.2 Å². The van der Waals surface area contributed by atoms with E-state index < -0.39 is 0 Å². The van der Waals surface area contributed by atoms with E-state index >= 15 is 0 Å². The van der Waals surface area contributed by atoms with Gasteiger partial charge in [-0.25, -0.2) is 0 Å². The topological polar surface area (TPSA) is 26.3 Å². The third kappa shape index (κ3) is 3.88. The monoisotopic (exact) mass is 234 g/mol. The number of ether oxygens (including phenoxy) is 1. The van der Waals surface area contributed by atoms with Crippen molar-refractivity contribution in [1.29, 1.82) is 0 Å². The van der Waals surface area contributed by atoms with Crippen molar-refractivity contribution < 1.29 is 9.53 Å². The molecule has 0 heterocycles. The first-order chi connectivity index (χ1) is 7.91. The van der Waals surface area contributed by atoms with E-state index in [0.29, 0.717) is 11.8 Å². The highest BCUT2D eigenvalue weighted by atomic mass is 16.5. The molecule has 94 valence electrons. The van der Waals surface area contributed by atoms with Crippen LogP contribution in [0.25, 0.3) is 0 Å². The summed E-state index contributed by atoms with van der Waals surface area (Å²) in [6.45, 7) is 10.3. The van der Waals surface area contributed by atoms with Crippen LogP contribution >= 0.6 is 0 Å². The summed E-state index contributed by atoms with van der Waals surface area (Å²) in [5, 5.41) is 0. The van der Waals surface area contributed by atoms with Crippen LogP contribution in [0.2, 0.25) is 0 Å². The van der Waals surface area contributed by atoms with Crippen LogP contribution in [-0.2, 0) is 4.79 Å². The number of rotatable bonds is 5. The molecule has 0 aliphatic heterocycles. The van der Waals surface area contributed by atoms with Crippen LogP contribution in [0.4, 0.5) is 0 Å². The maximum Gasteiger partial charge on any atom is 0.167 e. The first-order valence-electron chi connectivity index (χ1n) is 6.18. The molecule has 0 saturated carbocycles. The average molecular weight is 234 g/mol. The molecule has 0 aliphatic carbocycles. The van der Waals surface area contributed by atoms with Crippen molar-refractivity contribution in [2.24, 2.45) is 0 Å². The van der Waals surface area contributed by atoms with Crippen LogP contribution in [-0.4, -0.2) is 12.4 Å². The van der Waals surface area contributed by atoms with E-state index in [1.165, 1.54) is 5.56 Å². The molecule has 0 spiro atoms. The summed E-state index contributed by atoms with van der Waals surface area (Å²) in [4.78, 5) is 11.0. The van der Waals surface area contributed by atoms with Crippen LogP contribution < -0.4 is 4.74 Å². The maximum absolute atomic E-state index is 11.0. The Balaban J connectivity index is 3.02. The summed E-state index contributed by atoms with van der Waals surface area (Å²) in [6.07, 6.45) is 0. The maximum atomic E-state index is 11.0.